The minimum Gasteiger partial charge on any atom is -0.481 e. The molecule has 5 heteroatoms. The molecule has 110 valence electrons. The third-order valence-corrected chi connectivity index (χ3v) is 3.45. The predicted octanol–water partition coefficient (Wildman–Crippen LogP) is 2.99. The first kappa shape index (κ1) is 16.5. The van der Waals surface area contributed by atoms with Crippen molar-refractivity contribution in [1.29, 1.82) is 0 Å². The maximum Gasteiger partial charge on any atom is 0.303 e. The lowest BCUT2D eigenvalue weighted by molar-refractivity contribution is -0.137. The minimum absolute atomic E-state index is 0.0879. The van der Waals surface area contributed by atoms with Gasteiger partial charge < -0.3 is 10.4 Å². The first-order chi connectivity index (χ1) is 9.34. The van der Waals surface area contributed by atoms with Gasteiger partial charge in [-0.3, -0.25) is 9.59 Å². The fourth-order valence-electron chi connectivity index (χ4n) is 1.83. The van der Waals surface area contributed by atoms with E-state index in [1.165, 1.54) is 0 Å². The monoisotopic (exact) mass is 297 g/mol. The summed E-state index contributed by atoms with van der Waals surface area (Å²) >= 11 is 5.94. The number of carbonyl (C=O) groups excluding carboxylic acids is 1. The van der Waals surface area contributed by atoms with Gasteiger partial charge >= 0.3 is 5.97 Å². The lowest BCUT2D eigenvalue weighted by atomic mass is 9.83. The Kier molecular flexibility index (Phi) is 6.02. The predicted molar refractivity (Wildman–Crippen MR) is 79.0 cm³/mol. The smallest absolute Gasteiger partial charge is 0.303 e. The van der Waals surface area contributed by atoms with Crippen molar-refractivity contribution in [3.8, 4) is 0 Å². The Labute approximate surface area is 124 Å². The number of carboxylic acid groups (broad SMARTS) is 1. The summed E-state index contributed by atoms with van der Waals surface area (Å²) in [6.07, 6.45) is 1.35. The van der Waals surface area contributed by atoms with E-state index in [1.807, 2.05) is 26.0 Å². The summed E-state index contributed by atoms with van der Waals surface area (Å²) in [5.74, 6) is -0.898. The largest absolute Gasteiger partial charge is 0.481 e. The molecule has 1 aromatic rings. The van der Waals surface area contributed by atoms with Crippen LogP contribution >= 0.6 is 11.6 Å². The molecule has 0 atom stereocenters. The van der Waals surface area contributed by atoms with Crippen molar-refractivity contribution in [2.24, 2.45) is 0 Å². The van der Waals surface area contributed by atoms with Crippen LogP contribution in [0.4, 0.5) is 0 Å². The van der Waals surface area contributed by atoms with Gasteiger partial charge in [0, 0.05) is 18.0 Å². The second kappa shape index (κ2) is 7.29. The molecule has 0 aromatic heterocycles. The van der Waals surface area contributed by atoms with Crippen LogP contribution in [0.2, 0.25) is 5.02 Å². The second-order valence-corrected chi connectivity index (χ2v) is 5.68. The molecule has 1 aromatic carbocycles. The van der Waals surface area contributed by atoms with Gasteiger partial charge in [0.1, 0.15) is 0 Å². The van der Waals surface area contributed by atoms with E-state index in [0.717, 1.165) is 5.56 Å². The van der Waals surface area contributed by atoms with E-state index < -0.39 is 11.4 Å². The third-order valence-electron chi connectivity index (χ3n) is 3.22. The molecule has 0 bridgehead atoms. The number of amides is 1. The lowest BCUT2D eigenvalue weighted by Gasteiger charge is -2.24. The number of aliphatic carboxylic acids is 1. The van der Waals surface area contributed by atoms with Crippen LogP contribution in [0.5, 0.6) is 0 Å². The highest BCUT2D eigenvalue weighted by Crippen LogP contribution is 2.25. The van der Waals surface area contributed by atoms with E-state index in [4.69, 9.17) is 16.7 Å². The van der Waals surface area contributed by atoms with Crippen LogP contribution in [0.1, 0.15) is 38.7 Å². The van der Waals surface area contributed by atoms with Crippen LogP contribution in [0.25, 0.3) is 0 Å². The van der Waals surface area contributed by atoms with Gasteiger partial charge in [-0.05, 0) is 44.4 Å². The van der Waals surface area contributed by atoms with Crippen molar-refractivity contribution in [2.45, 2.75) is 38.5 Å². The molecule has 0 fully saturated rings. The number of hydrogen-bond acceptors (Lipinski definition) is 2. The van der Waals surface area contributed by atoms with Crippen LogP contribution in [0, 0.1) is 0 Å². The molecule has 0 aliphatic heterocycles. The van der Waals surface area contributed by atoms with Crippen molar-refractivity contribution in [2.75, 3.05) is 6.54 Å². The summed E-state index contributed by atoms with van der Waals surface area (Å²) in [5.41, 5.74) is 0.186. The normalized spacial score (nSPS) is 11.2. The average molecular weight is 298 g/mol. The molecule has 0 saturated heterocycles. The van der Waals surface area contributed by atoms with Crippen molar-refractivity contribution in [3.05, 3.63) is 34.9 Å². The molecular weight excluding hydrogens is 278 g/mol. The van der Waals surface area contributed by atoms with Gasteiger partial charge in [-0.25, -0.2) is 0 Å². The zero-order chi connectivity index (χ0) is 15.2. The first-order valence-electron chi connectivity index (χ1n) is 6.60. The Balaban J connectivity index is 2.51. The topological polar surface area (TPSA) is 66.4 Å². The Morgan fingerprint density at radius 3 is 2.60 bits per heavy atom. The maximum atomic E-state index is 12.2. The molecular formula is C15H20ClNO3. The van der Waals surface area contributed by atoms with E-state index >= 15 is 0 Å². The molecule has 1 rings (SSSR count). The van der Waals surface area contributed by atoms with Gasteiger partial charge in [0.2, 0.25) is 5.91 Å². The van der Waals surface area contributed by atoms with Crippen molar-refractivity contribution in [3.63, 3.8) is 0 Å². The molecule has 0 heterocycles. The maximum absolute atomic E-state index is 12.2. The van der Waals surface area contributed by atoms with Crippen LogP contribution < -0.4 is 5.32 Å². The third kappa shape index (κ3) is 4.85. The molecule has 0 aliphatic rings. The van der Waals surface area contributed by atoms with Crippen LogP contribution in [0.3, 0.4) is 0 Å². The Morgan fingerprint density at radius 2 is 2.00 bits per heavy atom. The zero-order valence-corrected chi connectivity index (χ0v) is 12.5. The van der Waals surface area contributed by atoms with Gasteiger partial charge in [0.05, 0.1) is 5.41 Å². The van der Waals surface area contributed by atoms with E-state index in [-0.39, 0.29) is 12.3 Å². The highest BCUT2D eigenvalue weighted by Gasteiger charge is 2.29. The van der Waals surface area contributed by atoms with Gasteiger partial charge in [-0.2, -0.15) is 0 Å². The number of benzene rings is 1. The molecule has 0 saturated carbocycles. The number of nitrogens with one attached hydrogen (secondary N) is 1. The molecule has 2 N–H and O–H groups in total. The van der Waals surface area contributed by atoms with Gasteiger partial charge in [-0.1, -0.05) is 23.7 Å². The van der Waals surface area contributed by atoms with Gasteiger partial charge in [0.15, 0.2) is 0 Å². The van der Waals surface area contributed by atoms with Crippen molar-refractivity contribution < 1.29 is 14.7 Å². The summed E-state index contributed by atoms with van der Waals surface area (Å²) in [7, 11) is 0. The molecule has 1 amide bonds. The van der Waals surface area contributed by atoms with E-state index in [9.17, 15) is 9.59 Å². The summed E-state index contributed by atoms with van der Waals surface area (Å²) in [5, 5.41) is 12.0. The summed E-state index contributed by atoms with van der Waals surface area (Å²) in [6.45, 7) is 4.16. The first-order valence-corrected chi connectivity index (χ1v) is 6.98. The van der Waals surface area contributed by atoms with Crippen molar-refractivity contribution >= 4 is 23.5 Å². The van der Waals surface area contributed by atoms with E-state index in [0.29, 0.717) is 24.4 Å². The summed E-state index contributed by atoms with van der Waals surface area (Å²) in [4.78, 5) is 22.6. The lowest BCUT2D eigenvalue weighted by Crippen LogP contribution is -2.40. The number of hydrogen-bond donors (Lipinski definition) is 2. The number of unbranched alkanes of at least 4 members (excludes halogenated alkanes) is 1. The fourth-order valence-corrected chi connectivity index (χ4v) is 2.02. The second-order valence-electron chi connectivity index (χ2n) is 5.24. The summed E-state index contributed by atoms with van der Waals surface area (Å²) < 4.78 is 0. The summed E-state index contributed by atoms with van der Waals surface area (Å²) in [6, 6.07) is 7.24. The van der Waals surface area contributed by atoms with E-state index in [1.54, 1.807) is 12.1 Å². The van der Waals surface area contributed by atoms with E-state index in [2.05, 4.69) is 5.32 Å². The molecule has 0 unspecified atom stereocenters. The van der Waals surface area contributed by atoms with Gasteiger partial charge in [-0.15, -0.1) is 0 Å². The van der Waals surface area contributed by atoms with Gasteiger partial charge in [0.25, 0.3) is 0 Å². The molecule has 0 radical (unpaired) electrons. The average Bonchev–Trinajstić information content (AvgIpc) is 2.37. The van der Waals surface area contributed by atoms with Crippen LogP contribution in [0.15, 0.2) is 24.3 Å². The molecule has 4 nitrogen and oxygen atoms in total. The quantitative estimate of drug-likeness (QED) is 0.760. The van der Waals surface area contributed by atoms with Crippen molar-refractivity contribution in [1.82, 2.24) is 5.32 Å². The minimum atomic E-state index is -0.810. The molecule has 0 spiro atoms. The SMILES string of the molecule is CC(C)(C(=O)NCCCCC(=O)O)c1cccc(Cl)c1. The Hall–Kier alpha value is -1.55. The molecule has 0 aliphatic carbocycles. The number of halogens is 1. The highest BCUT2D eigenvalue weighted by atomic mass is 35.5. The number of carboxylic acids is 1. The van der Waals surface area contributed by atoms with Crippen LogP contribution in [-0.4, -0.2) is 23.5 Å². The number of rotatable bonds is 7. The number of carbonyl (C=O) groups is 2. The highest BCUT2D eigenvalue weighted by molar-refractivity contribution is 6.30. The zero-order valence-electron chi connectivity index (χ0n) is 11.8. The Morgan fingerprint density at radius 1 is 1.30 bits per heavy atom. The fraction of sp³-hybridized carbons (Fsp3) is 0.467. The Bertz CT molecular complexity index is 486. The van der Waals surface area contributed by atoms with Crippen LogP contribution in [-0.2, 0) is 15.0 Å². The standard InChI is InChI=1S/C15H20ClNO3/c1-15(2,11-6-5-7-12(16)10-11)14(20)17-9-4-3-8-13(18)19/h5-7,10H,3-4,8-9H2,1-2H3,(H,17,20)(H,18,19). The molecule has 20 heavy (non-hydrogen) atoms.